The van der Waals surface area contributed by atoms with Gasteiger partial charge in [0.05, 0.1) is 12.3 Å². The van der Waals surface area contributed by atoms with Crippen molar-refractivity contribution in [1.29, 1.82) is 0 Å². The van der Waals surface area contributed by atoms with Gasteiger partial charge in [0.25, 0.3) is 0 Å². The van der Waals surface area contributed by atoms with Crippen LogP contribution in [0.3, 0.4) is 0 Å². The Morgan fingerprint density at radius 3 is 2.40 bits per heavy atom. The quantitative estimate of drug-likeness (QED) is 0.209. The summed E-state index contributed by atoms with van der Waals surface area (Å²) in [4.78, 5) is 22.1. The Hall–Kier alpha value is -1.64. The van der Waals surface area contributed by atoms with Gasteiger partial charge in [-0.15, -0.1) is 0 Å². The fourth-order valence-corrected chi connectivity index (χ4v) is 2.01. The highest BCUT2D eigenvalue weighted by Gasteiger charge is 2.31. The largest absolute Gasteiger partial charge is 0.393 e. The van der Waals surface area contributed by atoms with Crippen molar-refractivity contribution in [3.8, 4) is 0 Å². The molecule has 110 valence electrons. The first-order valence-corrected chi connectivity index (χ1v) is 7.45. The smallest absolute Gasteiger partial charge is 0.317 e. The van der Waals surface area contributed by atoms with Gasteiger partial charge in [-0.3, -0.25) is 9.59 Å². The van der Waals surface area contributed by atoms with Crippen LogP contribution in [0.2, 0.25) is 0 Å². The van der Waals surface area contributed by atoms with E-state index in [1.165, 1.54) is 12.8 Å². The van der Waals surface area contributed by atoms with E-state index in [-0.39, 0.29) is 18.3 Å². The summed E-state index contributed by atoms with van der Waals surface area (Å²) >= 11 is 0. The molecule has 20 heavy (non-hydrogen) atoms. The highest BCUT2D eigenvalue weighted by Crippen LogP contribution is 2.19. The van der Waals surface area contributed by atoms with Gasteiger partial charge in [0, 0.05) is 0 Å². The zero-order valence-corrected chi connectivity index (χ0v) is 12.2. The van der Waals surface area contributed by atoms with Crippen molar-refractivity contribution in [2.75, 3.05) is 0 Å². The number of ether oxygens (including phenoxy) is 1. The number of hydrogen-bond acceptors (Lipinski definition) is 3. The maximum Gasteiger partial charge on any atom is 0.317 e. The van der Waals surface area contributed by atoms with E-state index in [9.17, 15) is 9.59 Å². The molecule has 1 rings (SSSR count). The molecule has 1 fully saturated rings. The zero-order chi connectivity index (χ0) is 14.6. The second-order valence-corrected chi connectivity index (χ2v) is 4.95. The Morgan fingerprint density at radius 1 is 1.05 bits per heavy atom. The minimum absolute atomic E-state index is 0.220. The van der Waals surface area contributed by atoms with Crippen LogP contribution in [-0.4, -0.2) is 11.9 Å². The molecule has 1 unspecified atom stereocenters. The number of allylic oxidation sites excluding steroid dienone is 6. The van der Waals surface area contributed by atoms with Crippen molar-refractivity contribution in [2.24, 2.45) is 5.92 Å². The predicted octanol–water partition coefficient (Wildman–Crippen LogP) is 4.11. The molecular weight excluding hydrogens is 252 g/mol. The normalized spacial score (nSPS) is 19.8. The summed E-state index contributed by atoms with van der Waals surface area (Å²) in [6.45, 7) is 2.15. The third-order valence-electron chi connectivity index (χ3n) is 3.16. The average molecular weight is 276 g/mol. The van der Waals surface area contributed by atoms with E-state index in [4.69, 9.17) is 0 Å². The summed E-state index contributed by atoms with van der Waals surface area (Å²) < 4.78 is 4.49. The van der Waals surface area contributed by atoms with Gasteiger partial charge in [0.15, 0.2) is 0 Å². The van der Waals surface area contributed by atoms with Crippen LogP contribution in [0.5, 0.6) is 0 Å². The standard InChI is InChI=1S/C17H24O3/c1-2-3-4-5-6-7-8-9-10-11-12-13-15-14-16(18)20-17(15)19/h3-4,9-12,15H,2,5-8,13-14H2,1H3. The molecule has 1 aliphatic rings. The molecule has 0 N–H and O–H groups in total. The summed E-state index contributed by atoms with van der Waals surface area (Å²) in [5.41, 5.74) is 0. The molecule has 1 heterocycles. The van der Waals surface area contributed by atoms with E-state index in [1.54, 1.807) is 0 Å². The second kappa shape index (κ2) is 10.2. The lowest BCUT2D eigenvalue weighted by molar-refractivity contribution is -0.153. The average Bonchev–Trinajstić information content (AvgIpc) is 2.74. The van der Waals surface area contributed by atoms with Crippen LogP contribution in [-0.2, 0) is 14.3 Å². The number of hydrogen-bond donors (Lipinski definition) is 0. The summed E-state index contributed by atoms with van der Waals surface area (Å²) in [6, 6.07) is 0. The maximum atomic E-state index is 11.2. The first-order valence-electron chi connectivity index (χ1n) is 7.45. The van der Waals surface area contributed by atoms with Gasteiger partial charge in [-0.05, 0) is 38.5 Å². The fraction of sp³-hybridized carbons (Fsp3) is 0.529. The topological polar surface area (TPSA) is 43.4 Å². The first-order chi connectivity index (χ1) is 9.74. The fourth-order valence-electron chi connectivity index (χ4n) is 2.01. The van der Waals surface area contributed by atoms with Crippen LogP contribution >= 0.6 is 0 Å². The third-order valence-corrected chi connectivity index (χ3v) is 3.16. The second-order valence-electron chi connectivity index (χ2n) is 4.95. The van der Waals surface area contributed by atoms with Crippen molar-refractivity contribution in [3.63, 3.8) is 0 Å². The lowest BCUT2D eigenvalue weighted by Crippen LogP contribution is -2.05. The number of esters is 2. The van der Waals surface area contributed by atoms with Crippen LogP contribution in [0, 0.1) is 5.92 Å². The van der Waals surface area contributed by atoms with Crippen molar-refractivity contribution in [1.82, 2.24) is 0 Å². The van der Waals surface area contributed by atoms with Crippen molar-refractivity contribution < 1.29 is 14.3 Å². The molecule has 1 atom stereocenters. The Bertz CT molecular complexity index is 391. The number of carbonyl (C=O) groups is 2. The molecule has 0 aromatic heterocycles. The van der Waals surface area contributed by atoms with Crippen molar-refractivity contribution >= 4 is 11.9 Å². The van der Waals surface area contributed by atoms with E-state index >= 15 is 0 Å². The molecule has 0 aliphatic carbocycles. The minimum atomic E-state index is -0.402. The van der Waals surface area contributed by atoms with Crippen LogP contribution in [0.15, 0.2) is 36.5 Å². The Labute approximate surface area is 121 Å². The predicted molar refractivity (Wildman–Crippen MR) is 80.0 cm³/mol. The number of carbonyl (C=O) groups excluding carboxylic acids is 2. The molecule has 0 bridgehead atoms. The molecule has 3 nitrogen and oxygen atoms in total. The van der Waals surface area contributed by atoms with Gasteiger partial charge in [-0.25, -0.2) is 0 Å². The van der Waals surface area contributed by atoms with Crippen LogP contribution in [0.25, 0.3) is 0 Å². The first kappa shape index (κ1) is 16.4. The van der Waals surface area contributed by atoms with E-state index in [0.29, 0.717) is 6.42 Å². The molecule has 0 radical (unpaired) electrons. The maximum absolute atomic E-state index is 11.2. The molecule has 0 aromatic carbocycles. The molecule has 1 saturated heterocycles. The van der Waals surface area contributed by atoms with E-state index in [0.717, 1.165) is 19.3 Å². The van der Waals surface area contributed by atoms with E-state index < -0.39 is 5.97 Å². The van der Waals surface area contributed by atoms with Gasteiger partial charge < -0.3 is 4.74 Å². The van der Waals surface area contributed by atoms with Crippen LogP contribution in [0.1, 0.15) is 51.9 Å². The van der Waals surface area contributed by atoms with Gasteiger partial charge >= 0.3 is 11.9 Å². The van der Waals surface area contributed by atoms with E-state index in [1.807, 2.05) is 18.2 Å². The molecule has 0 aromatic rings. The minimum Gasteiger partial charge on any atom is -0.393 e. The highest BCUT2D eigenvalue weighted by molar-refractivity contribution is 5.94. The zero-order valence-electron chi connectivity index (χ0n) is 12.2. The van der Waals surface area contributed by atoms with Crippen LogP contribution < -0.4 is 0 Å². The summed E-state index contributed by atoms with van der Waals surface area (Å²) in [5, 5.41) is 0. The Morgan fingerprint density at radius 2 is 1.75 bits per heavy atom. The third kappa shape index (κ3) is 7.07. The Kier molecular flexibility index (Phi) is 8.36. The Balaban J connectivity index is 2.03. The number of rotatable bonds is 9. The monoisotopic (exact) mass is 276 g/mol. The summed E-state index contributed by atoms with van der Waals surface area (Å²) in [6.07, 6.45) is 19.0. The molecule has 1 aliphatic heterocycles. The van der Waals surface area contributed by atoms with Crippen molar-refractivity contribution in [3.05, 3.63) is 36.5 Å². The molecular formula is C17H24O3. The lowest BCUT2D eigenvalue weighted by atomic mass is 10.0. The van der Waals surface area contributed by atoms with Gasteiger partial charge in [0.1, 0.15) is 0 Å². The summed E-state index contributed by atoms with van der Waals surface area (Å²) in [5.74, 6) is -1.07. The van der Waals surface area contributed by atoms with Gasteiger partial charge in [-0.2, -0.15) is 0 Å². The molecule has 0 saturated carbocycles. The SMILES string of the molecule is CCC=CCCCCC=CC=CCC1CC(=O)OC1=O. The van der Waals surface area contributed by atoms with Crippen molar-refractivity contribution in [2.45, 2.75) is 51.9 Å². The van der Waals surface area contributed by atoms with Gasteiger partial charge in [0.2, 0.25) is 0 Å². The van der Waals surface area contributed by atoms with Crippen LogP contribution in [0.4, 0.5) is 0 Å². The molecule has 3 heteroatoms. The molecule has 0 spiro atoms. The number of cyclic esters (lactones) is 2. The summed E-state index contributed by atoms with van der Waals surface area (Å²) in [7, 11) is 0. The van der Waals surface area contributed by atoms with E-state index in [2.05, 4.69) is 29.9 Å². The van der Waals surface area contributed by atoms with Gasteiger partial charge in [-0.1, -0.05) is 43.4 Å². The highest BCUT2D eigenvalue weighted by atomic mass is 16.6. The lowest BCUT2D eigenvalue weighted by Gasteiger charge is -1.96. The molecule has 0 amide bonds. The number of unbranched alkanes of at least 4 members (excludes halogenated alkanes) is 3.